The fourth-order valence-corrected chi connectivity index (χ4v) is 5.78. The molecule has 0 radical (unpaired) electrons. The van der Waals surface area contributed by atoms with Crippen molar-refractivity contribution in [2.24, 2.45) is 0 Å². The average molecular weight is 627 g/mol. The molecular formula is C33H42N10O3. The van der Waals surface area contributed by atoms with Crippen molar-refractivity contribution in [2.75, 3.05) is 92.8 Å². The number of ether oxygens (including phenoxy) is 1. The number of nitrogens with one attached hydrogen (secondary N) is 3. The van der Waals surface area contributed by atoms with Gasteiger partial charge in [0, 0.05) is 82.7 Å². The molecule has 0 unspecified atom stereocenters. The molecule has 0 bridgehead atoms. The topological polar surface area (TPSA) is 125 Å². The highest BCUT2D eigenvalue weighted by atomic mass is 16.6. The number of piperazine rings is 1. The molecule has 13 nitrogen and oxygen atoms in total. The summed E-state index contributed by atoms with van der Waals surface area (Å²) in [5.74, 6) is 1.05. The molecule has 0 saturated carbocycles. The molecule has 13 heteroatoms. The highest BCUT2D eigenvalue weighted by molar-refractivity contribution is 5.95. The van der Waals surface area contributed by atoms with E-state index in [1.807, 2.05) is 78.5 Å². The number of hydrogen-bond acceptors (Lipinski definition) is 10. The van der Waals surface area contributed by atoms with Gasteiger partial charge in [-0.1, -0.05) is 0 Å². The number of aromatic nitrogens is 3. The second kappa shape index (κ2) is 13.6. The van der Waals surface area contributed by atoms with Crippen molar-refractivity contribution < 1.29 is 14.3 Å². The molecule has 4 heterocycles. The maximum absolute atomic E-state index is 13.3. The molecule has 242 valence electrons. The fraction of sp³-hybridized carbons (Fsp3) is 0.394. The van der Waals surface area contributed by atoms with Gasteiger partial charge >= 0.3 is 6.09 Å². The lowest BCUT2D eigenvalue weighted by atomic mass is 10.2. The molecule has 0 spiro atoms. The van der Waals surface area contributed by atoms with Gasteiger partial charge in [0.1, 0.15) is 5.82 Å². The number of rotatable bonds is 9. The minimum Gasteiger partial charge on any atom is -0.425 e. The van der Waals surface area contributed by atoms with E-state index < -0.39 is 12.3 Å². The Morgan fingerprint density at radius 3 is 2.50 bits per heavy atom. The molecule has 2 aromatic carbocycles. The number of benzene rings is 2. The lowest BCUT2D eigenvalue weighted by molar-refractivity contribution is -0.117. The minimum atomic E-state index is -0.547. The number of amides is 2. The molecule has 3 N–H and O–H groups in total. The number of aromatic amines is 1. The predicted octanol–water partition coefficient (Wildman–Crippen LogP) is 4.15. The number of pyridine rings is 1. The van der Waals surface area contributed by atoms with Crippen molar-refractivity contribution in [3.8, 4) is 0 Å². The first-order valence-electron chi connectivity index (χ1n) is 15.6. The van der Waals surface area contributed by atoms with Crippen molar-refractivity contribution >= 4 is 57.3 Å². The van der Waals surface area contributed by atoms with E-state index in [2.05, 4.69) is 37.7 Å². The third-order valence-corrected chi connectivity index (χ3v) is 8.56. The number of fused-ring (bicyclic) bond motifs is 1. The summed E-state index contributed by atoms with van der Waals surface area (Å²) in [5.41, 5.74) is 4.14. The van der Waals surface area contributed by atoms with Gasteiger partial charge in [0.05, 0.1) is 23.9 Å². The summed E-state index contributed by atoms with van der Waals surface area (Å²) in [6, 6.07) is 17.3. The van der Waals surface area contributed by atoms with E-state index in [0.717, 1.165) is 60.6 Å². The molecule has 0 aliphatic carbocycles. The number of nitrogens with zero attached hydrogens (tertiary/aromatic N) is 7. The molecule has 4 aromatic rings. The van der Waals surface area contributed by atoms with Crippen LogP contribution in [0.25, 0.3) is 10.9 Å². The first-order valence-corrected chi connectivity index (χ1v) is 15.6. The van der Waals surface area contributed by atoms with Crippen molar-refractivity contribution in [3.05, 3.63) is 60.8 Å². The monoisotopic (exact) mass is 626 g/mol. The lowest BCUT2D eigenvalue weighted by Gasteiger charge is -2.32. The maximum atomic E-state index is 13.3. The van der Waals surface area contributed by atoms with Crippen LogP contribution in [-0.4, -0.2) is 111 Å². The summed E-state index contributed by atoms with van der Waals surface area (Å²) in [5, 5.41) is 14.5. The normalized spacial score (nSPS) is 17.2. The first kappa shape index (κ1) is 31.1. The Morgan fingerprint density at radius 1 is 0.978 bits per heavy atom. The van der Waals surface area contributed by atoms with E-state index in [-0.39, 0.29) is 5.91 Å². The second-order valence-corrected chi connectivity index (χ2v) is 12.1. The van der Waals surface area contributed by atoms with Crippen LogP contribution in [0.4, 0.5) is 39.2 Å². The van der Waals surface area contributed by atoms with E-state index in [1.165, 1.54) is 4.90 Å². The number of anilines is 6. The molecule has 46 heavy (non-hydrogen) atoms. The Morgan fingerprint density at radius 2 is 1.74 bits per heavy atom. The average Bonchev–Trinajstić information content (AvgIpc) is 3.72. The number of carbonyl (C=O) groups is 2. The van der Waals surface area contributed by atoms with Crippen LogP contribution in [0.5, 0.6) is 0 Å². The van der Waals surface area contributed by atoms with Crippen molar-refractivity contribution in [2.45, 2.75) is 19.1 Å². The van der Waals surface area contributed by atoms with Gasteiger partial charge in [-0.15, -0.1) is 0 Å². The lowest BCUT2D eigenvalue weighted by Crippen LogP contribution is -2.47. The minimum absolute atomic E-state index is 0.104. The third-order valence-electron chi connectivity index (χ3n) is 8.56. The smallest absolute Gasteiger partial charge is 0.415 e. The highest BCUT2D eigenvalue weighted by Crippen LogP contribution is 2.34. The van der Waals surface area contributed by atoms with Crippen LogP contribution in [0.2, 0.25) is 0 Å². The van der Waals surface area contributed by atoms with E-state index in [4.69, 9.17) is 9.72 Å². The molecule has 6 rings (SSSR count). The maximum Gasteiger partial charge on any atom is 0.415 e. The van der Waals surface area contributed by atoms with Gasteiger partial charge in [-0.25, -0.2) is 9.78 Å². The SMILES string of the molecule is CN1CCN(CC(=O)Nc2ccc(Nc3ccc4[nH]ncc4c3)nc2N2CCC[C@@H]2OC(=O)N(C)c2ccc(N(C)C)cc2)CC1. The highest BCUT2D eigenvalue weighted by Gasteiger charge is 2.32. The standard InChI is InChI=1S/C33H42N10O3/c1-39(2)25-8-10-26(11-9-25)41(4)33(45)46-31-6-5-15-43(31)32-28(36-30(44)22-42-18-16-40(3)17-19-42)13-14-29(37-32)35-24-7-12-27-23(20-24)21-34-38-27/h7-14,20-21,31H,5-6,15-19,22H2,1-4H3,(H,34,38)(H,35,37)(H,36,44)/t31-/m0/s1. The van der Waals surface area contributed by atoms with E-state index in [9.17, 15) is 9.59 Å². The zero-order valence-corrected chi connectivity index (χ0v) is 26.9. The zero-order chi connectivity index (χ0) is 32.2. The van der Waals surface area contributed by atoms with Gasteiger partial charge in [0.2, 0.25) is 5.91 Å². The van der Waals surface area contributed by atoms with Crippen LogP contribution in [0.15, 0.2) is 60.8 Å². The Bertz CT molecular complexity index is 1670. The third kappa shape index (κ3) is 7.16. The van der Waals surface area contributed by atoms with Crippen molar-refractivity contribution in [1.29, 1.82) is 0 Å². The van der Waals surface area contributed by atoms with Crippen LogP contribution in [0.1, 0.15) is 12.8 Å². The van der Waals surface area contributed by atoms with Crippen molar-refractivity contribution in [3.63, 3.8) is 0 Å². The molecule has 1 atom stereocenters. The molecular weight excluding hydrogens is 584 g/mol. The van der Waals surface area contributed by atoms with E-state index in [1.54, 1.807) is 13.2 Å². The van der Waals surface area contributed by atoms with Gasteiger partial charge < -0.3 is 30.1 Å². The summed E-state index contributed by atoms with van der Waals surface area (Å²) in [4.78, 5) is 41.4. The summed E-state index contributed by atoms with van der Waals surface area (Å²) < 4.78 is 6.07. The van der Waals surface area contributed by atoms with Crippen LogP contribution in [0, 0.1) is 0 Å². The van der Waals surface area contributed by atoms with Gasteiger partial charge in [0.15, 0.2) is 12.0 Å². The molecule has 2 aliphatic rings. The van der Waals surface area contributed by atoms with Gasteiger partial charge in [0.25, 0.3) is 0 Å². The van der Waals surface area contributed by atoms with Crippen LogP contribution >= 0.6 is 0 Å². The number of likely N-dealkylation sites (N-methyl/N-ethyl adjacent to an activating group) is 1. The molecule has 2 aliphatic heterocycles. The Balaban J connectivity index is 1.22. The largest absolute Gasteiger partial charge is 0.425 e. The van der Waals surface area contributed by atoms with Gasteiger partial charge in [-0.05, 0) is 68.1 Å². The fourth-order valence-electron chi connectivity index (χ4n) is 5.78. The molecule has 2 fully saturated rings. The zero-order valence-electron chi connectivity index (χ0n) is 26.9. The summed E-state index contributed by atoms with van der Waals surface area (Å²) in [7, 11) is 7.74. The van der Waals surface area contributed by atoms with Crippen LogP contribution < -0.4 is 25.3 Å². The predicted molar refractivity (Wildman–Crippen MR) is 182 cm³/mol. The number of hydrogen-bond donors (Lipinski definition) is 3. The van der Waals surface area contributed by atoms with Crippen LogP contribution in [0.3, 0.4) is 0 Å². The Kier molecular flexibility index (Phi) is 9.22. The Hall–Kier alpha value is -4.88. The molecule has 2 amide bonds. The summed E-state index contributed by atoms with van der Waals surface area (Å²) in [6.07, 6.45) is 2.22. The van der Waals surface area contributed by atoms with Gasteiger partial charge in [-0.3, -0.25) is 19.7 Å². The first-order chi connectivity index (χ1) is 22.2. The van der Waals surface area contributed by atoms with E-state index in [0.29, 0.717) is 36.8 Å². The van der Waals surface area contributed by atoms with Crippen molar-refractivity contribution in [1.82, 2.24) is 25.0 Å². The second-order valence-electron chi connectivity index (χ2n) is 12.1. The summed E-state index contributed by atoms with van der Waals surface area (Å²) in [6.45, 7) is 4.47. The van der Waals surface area contributed by atoms with Crippen LogP contribution in [-0.2, 0) is 9.53 Å². The van der Waals surface area contributed by atoms with Gasteiger partial charge in [-0.2, -0.15) is 5.10 Å². The summed E-state index contributed by atoms with van der Waals surface area (Å²) >= 11 is 0. The van der Waals surface area contributed by atoms with E-state index >= 15 is 0 Å². The Labute approximate surface area is 269 Å². The molecule has 2 saturated heterocycles. The number of carbonyl (C=O) groups excluding carboxylic acids is 2. The quantitative estimate of drug-likeness (QED) is 0.250. The molecule has 2 aromatic heterocycles. The number of H-pyrrole nitrogens is 1.